The molecule has 0 spiro atoms. The van der Waals surface area contributed by atoms with Crippen LogP contribution in [-0.2, 0) is 7.05 Å². The molecule has 0 aliphatic carbocycles. The van der Waals surface area contributed by atoms with Crippen LogP contribution in [0.15, 0.2) is 36.8 Å². The van der Waals surface area contributed by atoms with Gasteiger partial charge in [-0.25, -0.2) is 4.98 Å². The number of pyridine rings is 1. The molecule has 1 aromatic carbocycles. The van der Waals surface area contributed by atoms with Crippen molar-refractivity contribution in [3.8, 4) is 11.1 Å². The molecule has 1 unspecified atom stereocenters. The SMILES string of the molecule is CC(CC(C)(C)O)Nc1ncc(C(N)=O)c2[nH]c3cc(-c4cnn(C)c4)ccc3c12. The van der Waals surface area contributed by atoms with E-state index in [1.54, 1.807) is 18.5 Å². The molecule has 0 fully saturated rings. The summed E-state index contributed by atoms with van der Waals surface area (Å²) in [4.78, 5) is 19.8. The highest BCUT2D eigenvalue weighted by molar-refractivity contribution is 6.18. The number of aryl methyl sites for hydroxylation is 1. The van der Waals surface area contributed by atoms with E-state index in [0.29, 0.717) is 23.3 Å². The van der Waals surface area contributed by atoms with E-state index >= 15 is 0 Å². The number of aromatic nitrogens is 4. The van der Waals surface area contributed by atoms with Crippen molar-refractivity contribution in [3.63, 3.8) is 0 Å². The second-order valence-corrected chi connectivity index (χ2v) is 8.48. The number of H-pyrrole nitrogens is 1. The number of nitrogens with two attached hydrogens (primary N) is 1. The first-order valence-corrected chi connectivity index (χ1v) is 9.84. The number of anilines is 1. The average Bonchev–Trinajstić information content (AvgIpc) is 3.23. The summed E-state index contributed by atoms with van der Waals surface area (Å²) in [6.45, 7) is 5.54. The Labute approximate surface area is 174 Å². The van der Waals surface area contributed by atoms with E-state index in [0.717, 1.165) is 27.4 Å². The molecule has 0 aliphatic rings. The maximum absolute atomic E-state index is 12.0. The molecule has 0 bridgehead atoms. The molecule has 8 nitrogen and oxygen atoms in total. The first-order valence-electron chi connectivity index (χ1n) is 9.84. The van der Waals surface area contributed by atoms with Gasteiger partial charge in [0.1, 0.15) is 5.82 Å². The fraction of sp³-hybridized carbons (Fsp3) is 0.318. The summed E-state index contributed by atoms with van der Waals surface area (Å²) < 4.78 is 1.76. The van der Waals surface area contributed by atoms with Crippen molar-refractivity contribution < 1.29 is 9.90 Å². The summed E-state index contributed by atoms with van der Waals surface area (Å²) in [5.74, 6) is 0.106. The number of amides is 1. The third-order valence-electron chi connectivity index (χ3n) is 5.12. The van der Waals surface area contributed by atoms with Gasteiger partial charge in [-0.05, 0) is 38.8 Å². The molecule has 1 amide bonds. The van der Waals surface area contributed by atoms with Gasteiger partial charge in [-0.3, -0.25) is 9.48 Å². The minimum atomic E-state index is -0.808. The third-order valence-corrected chi connectivity index (χ3v) is 5.12. The van der Waals surface area contributed by atoms with Crippen LogP contribution in [0.5, 0.6) is 0 Å². The summed E-state index contributed by atoms with van der Waals surface area (Å²) in [7, 11) is 1.88. The van der Waals surface area contributed by atoms with E-state index in [-0.39, 0.29) is 6.04 Å². The van der Waals surface area contributed by atoms with Crippen LogP contribution < -0.4 is 11.1 Å². The number of nitrogens with one attached hydrogen (secondary N) is 2. The number of benzene rings is 1. The number of carbonyl (C=O) groups is 1. The number of hydrogen-bond donors (Lipinski definition) is 4. The Morgan fingerprint density at radius 2 is 2.10 bits per heavy atom. The van der Waals surface area contributed by atoms with Gasteiger partial charge in [0.2, 0.25) is 0 Å². The van der Waals surface area contributed by atoms with E-state index in [4.69, 9.17) is 5.73 Å². The highest BCUT2D eigenvalue weighted by Gasteiger charge is 2.21. The van der Waals surface area contributed by atoms with Crippen LogP contribution in [0.4, 0.5) is 5.82 Å². The molecule has 4 rings (SSSR count). The zero-order valence-electron chi connectivity index (χ0n) is 17.5. The Morgan fingerprint density at radius 3 is 2.73 bits per heavy atom. The molecule has 0 aliphatic heterocycles. The van der Waals surface area contributed by atoms with Crippen molar-refractivity contribution in [2.24, 2.45) is 12.8 Å². The van der Waals surface area contributed by atoms with Crippen molar-refractivity contribution in [1.82, 2.24) is 19.7 Å². The zero-order chi connectivity index (χ0) is 21.6. The monoisotopic (exact) mass is 406 g/mol. The molecule has 156 valence electrons. The second kappa shape index (κ2) is 7.14. The van der Waals surface area contributed by atoms with E-state index in [1.807, 2.05) is 44.6 Å². The van der Waals surface area contributed by atoms with Crippen LogP contribution in [0.2, 0.25) is 0 Å². The fourth-order valence-electron chi connectivity index (χ4n) is 3.98. The first-order chi connectivity index (χ1) is 14.1. The molecule has 0 saturated carbocycles. The number of nitrogens with zero attached hydrogens (tertiary/aromatic N) is 3. The largest absolute Gasteiger partial charge is 0.390 e. The lowest BCUT2D eigenvalue weighted by Gasteiger charge is -2.23. The number of aromatic amines is 1. The topological polar surface area (TPSA) is 122 Å². The molecule has 4 aromatic rings. The van der Waals surface area contributed by atoms with Crippen LogP contribution >= 0.6 is 0 Å². The predicted octanol–water partition coefficient (Wildman–Crippen LogP) is 3.18. The van der Waals surface area contributed by atoms with Gasteiger partial charge < -0.3 is 21.1 Å². The summed E-state index contributed by atoms with van der Waals surface area (Å²) in [5.41, 5.74) is 8.67. The van der Waals surface area contributed by atoms with Gasteiger partial charge in [-0.15, -0.1) is 0 Å². The minimum Gasteiger partial charge on any atom is -0.390 e. The number of aliphatic hydroxyl groups is 1. The van der Waals surface area contributed by atoms with Crippen LogP contribution in [-0.4, -0.2) is 42.4 Å². The van der Waals surface area contributed by atoms with E-state index in [9.17, 15) is 9.90 Å². The Hall–Kier alpha value is -3.39. The van der Waals surface area contributed by atoms with Gasteiger partial charge in [0, 0.05) is 41.9 Å². The van der Waals surface area contributed by atoms with Gasteiger partial charge >= 0.3 is 0 Å². The van der Waals surface area contributed by atoms with Crippen molar-refractivity contribution >= 4 is 33.5 Å². The number of carbonyl (C=O) groups excluding carboxylic acids is 1. The lowest BCUT2D eigenvalue weighted by atomic mass is 10.00. The standard InChI is InChI=1S/C22H26N6O2/c1-12(8-22(2,3)30)26-21-18-15-6-5-13(14-9-25-28(4)11-14)7-17(15)27-19(18)16(10-24-21)20(23)29/h5-7,9-12,27,30H,8H2,1-4H3,(H2,23,29)(H,24,26). The fourth-order valence-corrected chi connectivity index (χ4v) is 3.98. The van der Waals surface area contributed by atoms with Gasteiger partial charge in [0.15, 0.2) is 0 Å². The Bertz CT molecular complexity index is 1250. The van der Waals surface area contributed by atoms with Crippen molar-refractivity contribution in [1.29, 1.82) is 0 Å². The second-order valence-electron chi connectivity index (χ2n) is 8.48. The third kappa shape index (κ3) is 3.73. The molecule has 8 heteroatoms. The van der Waals surface area contributed by atoms with Crippen LogP contribution in [0.1, 0.15) is 37.6 Å². The molecule has 3 heterocycles. The highest BCUT2D eigenvalue weighted by atomic mass is 16.3. The Balaban J connectivity index is 1.86. The number of fused-ring (bicyclic) bond motifs is 3. The summed E-state index contributed by atoms with van der Waals surface area (Å²) in [6.07, 6.45) is 5.79. The molecule has 3 aromatic heterocycles. The highest BCUT2D eigenvalue weighted by Crippen LogP contribution is 2.35. The molecule has 0 radical (unpaired) electrons. The van der Waals surface area contributed by atoms with Crippen LogP contribution in [0, 0.1) is 0 Å². The smallest absolute Gasteiger partial charge is 0.252 e. The van der Waals surface area contributed by atoms with Crippen molar-refractivity contribution in [3.05, 3.63) is 42.4 Å². The van der Waals surface area contributed by atoms with Crippen molar-refractivity contribution in [2.45, 2.75) is 38.8 Å². The number of hydrogen-bond acceptors (Lipinski definition) is 5. The van der Waals surface area contributed by atoms with Gasteiger partial charge in [0.05, 0.1) is 28.3 Å². The molecular weight excluding hydrogens is 380 g/mol. The van der Waals surface area contributed by atoms with Crippen molar-refractivity contribution in [2.75, 3.05) is 5.32 Å². The lowest BCUT2D eigenvalue weighted by molar-refractivity contribution is 0.0672. The quantitative estimate of drug-likeness (QED) is 0.392. The summed E-state index contributed by atoms with van der Waals surface area (Å²) in [5, 5.41) is 19.5. The average molecular weight is 406 g/mol. The molecule has 5 N–H and O–H groups in total. The summed E-state index contributed by atoms with van der Waals surface area (Å²) in [6, 6.07) is 6.03. The zero-order valence-corrected chi connectivity index (χ0v) is 17.5. The van der Waals surface area contributed by atoms with E-state index in [1.165, 1.54) is 6.20 Å². The van der Waals surface area contributed by atoms with Gasteiger partial charge in [-0.1, -0.05) is 12.1 Å². The maximum atomic E-state index is 12.0. The lowest BCUT2D eigenvalue weighted by Crippen LogP contribution is -2.29. The minimum absolute atomic E-state index is 0.0280. The van der Waals surface area contributed by atoms with Crippen LogP contribution in [0.25, 0.3) is 32.9 Å². The van der Waals surface area contributed by atoms with E-state index < -0.39 is 11.5 Å². The molecular formula is C22H26N6O2. The van der Waals surface area contributed by atoms with Gasteiger partial charge in [0.25, 0.3) is 5.91 Å². The van der Waals surface area contributed by atoms with Gasteiger partial charge in [-0.2, -0.15) is 5.10 Å². The number of rotatable bonds is 6. The number of primary amides is 1. The Morgan fingerprint density at radius 1 is 1.33 bits per heavy atom. The predicted molar refractivity (Wildman–Crippen MR) is 118 cm³/mol. The normalized spacial score (nSPS) is 13.1. The molecule has 0 saturated heterocycles. The van der Waals surface area contributed by atoms with E-state index in [2.05, 4.69) is 20.4 Å². The molecule has 1 atom stereocenters. The maximum Gasteiger partial charge on any atom is 0.252 e. The first kappa shape index (κ1) is 19.9. The Kier molecular flexibility index (Phi) is 4.74. The molecule has 30 heavy (non-hydrogen) atoms. The summed E-state index contributed by atoms with van der Waals surface area (Å²) >= 11 is 0. The van der Waals surface area contributed by atoms with Crippen LogP contribution in [0.3, 0.4) is 0 Å².